The van der Waals surface area contributed by atoms with Crippen molar-refractivity contribution in [3.63, 3.8) is 0 Å². The van der Waals surface area contributed by atoms with Crippen molar-refractivity contribution < 1.29 is 18.3 Å². The average molecular weight is 401 g/mol. The summed E-state index contributed by atoms with van der Waals surface area (Å²) in [7, 11) is -2.68. The third kappa shape index (κ3) is 3.07. The smallest absolute Gasteiger partial charge is 0.266 e. The van der Waals surface area contributed by atoms with Crippen molar-refractivity contribution in [1.82, 2.24) is 4.98 Å². The van der Waals surface area contributed by atoms with Gasteiger partial charge in [-0.1, -0.05) is 23.2 Å². The number of halogens is 3. The Kier molecular flexibility index (Phi) is 4.64. The molecule has 1 unspecified atom stereocenters. The normalized spacial score (nSPS) is 13.8. The van der Waals surface area contributed by atoms with Gasteiger partial charge in [-0.25, -0.2) is 4.39 Å². The predicted octanol–water partition coefficient (Wildman–Crippen LogP) is 3.59. The highest BCUT2D eigenvalue weighted by atomic mass is 35.5. The molecule has 25 heavy (non-hydrogen) atoms. The van der Waals surface area contributed by atoms with Gasteiger partial charge in [-0.15, -0.1) is 0 Å². The van der Waals surface area contributed by atoms with E-state index in [0.717, 1.165) is 12.1 Å². The van der Waals surface area contributed by atoms with Gasteiger partial charge >= 0.3 is 0 Å². The van der Waals surface area contributed by atoms with E-state index in [1.807, 2.05) is 0 Å². The van der Waals surface area contributed by atoms with Gasteiger partial charge in [-0.2, -0.15) is 0 Å². The summed E-state index contributed by atoms with van der Waals surface area (Å²) < 4.78 is 32.8. The second-order valence-electron chi connectivity index (χ2n) is 5.26. The predicted molar refractivity (Wildman–Crippen MR) is 97.1 cm³/mol. The fraction of sp³-hybridized carbons (Fsp3) is 0.0625. The van der Waals surface area contributed by atoms with Crippen LogP contribution in [0.5, 0.6) is 0 Å². The lowest BCUT2D eigenvalue weighted by molar-refractivity contribution is 0.0997. The maximum Gasteiger partial charge on any atom is 0.266 e. The summed E-state index contributed by atoms with van der Waals surface area (Å²) in [5.74, 6) is -1.51. The highest BCUT2D eigenvalue weighted by molar-refractivity contribution is 7.75. The average Bonchev–Trinajstić information content (AvgIpc) is 2.92. The molecule has 1 amide bonds. The lowest BCUT2D eigenvalue weighted by Crippen LogP contribution is -2.26. The van der Waals surface area contributed by atoms with Gasteiger partial charge in [0, 0.05) is 33.4 Å². The topological polar surface area (TPSA) is 85.2 Å². The number of fused-ring (bicyclic) bond motifs is 1. The minimum atomic E-state index is -3.88. The number of nitrogens with one attached hydrogen (secondary N) is 1. The van der Waals surface area contributed by atoms with Crippen LogP contribution in [0.4, 0.5) is 4.39 Å². The van der Waals surface area contributed by atoms with E-state index in [1.54, 1.807) is 12.1 Å². The number of hydrogen-bond donors (Lipinski definition) is 2. The Hall–Kier alpha value is -1.85. The lowest BCUT2D eigenvalue weighted by Gasteiger charge is -2.18. The molecule has 3 rings (SSSR count). The SMILES string of the molecule is COP(=O)(c1cc(F)cc(Cl)c1)c1c(C(N)=O)[nH]c2ccc(Cl)cc12. The van der Waals surface area contributed by atoms with Crippen molar-refractivity contribution >= 4 is 58.0 Å². The number of rotatable bonds is 4. The second kappa shape index (κ2) is 6.46. The van der Waals surface area contributed by atoms with Crippen molar-refractivity contribution in [3.05, 3.63) is 58.0 Å². The third-order valence-electron chi connectivity index (χ3n) is 3.72. The van der Waals surface area contributed by atoms with E-state index < -0.39 is 19.1 Å². The van der Waals surface area contributed by atoms with Crippen molar-refractivity contribution in [1.29, 1.82) is 0 Å². The number of H-pyrrole nitrogens is 1. The van der Waals surface area contributed by atoms with Crippen LogP contribution >= 0.6 is 30.6 Å². The molecule has 0 aliphatic rings. The van der Waals surface area contributed by atoms with E-state index in [9.17, 15) is 13.8 Å². The summed E-state index contributed by atoms with van der Waals surface area (Å²) in [6.07, 6.45) is 0. The molecule has 0 fully saturated rings. The molecule has 0 saturated carbocycles. The molecule has 1 heterocycles. The van der Waals surface area contributed by atoms with Crippen LogP contribution in [-0.2, 0) is 9.09 Å². The summed E-state index contributed by atoms with van der Waals surface area (Å²) in [6, 6.07) is 8.19. The van der Waals surface area contributed by atoms with Gasteiger partial charge in [-0.05, 0) is 36.4 Å². The van der Waals surface area contributed by atoms with Crippen LogP contribution in [0.1, 0.15) is 10.5 Å². The molecule has 9 heteroatoms. The summed E-state index contributed by atoms with van der Waals surface area (Å²) >= 11 is 11.9. The van der Waals surface area contributed by atoms with Crippen LogP contribution in [0.3, 0.4) is 0 Å². The summed E-state index contributed by atoms with van der Waals surface area (Å²) in [4.78, 5) is 14.7. The van der Waals surface area contributed by atoms with Gasteiger partial charge in [0.2, 0.25) is 0 Å². The molecule has 0 aliphatic heterocycles. The van der Waals surface area contributed by atoms with Gasteiger partial charge in [0.15, 0.2) is 0 Å². The van der Waals surface area contributed by atoms with E-state index in [-0.39, 0.29) is 21.3 Å². The molecular formula is C16H12Cl2FN2O3P. The first-order valence-corrected chi connectivity index (χ1v) is 9.38. The summed E-state index contributed by atoms with van der Waals surface area (Å²) in [5.41, 5.74) is 5.82. The van der Waals surface area contributed by atoms with Crippen molar-refractivity contribution in [3.8, 4) is 0 Å². The zero-order chi connectivity index (χ0) is 18.4. The van der Waals surface area contributed by atoms with Gasteiger partial charge < -0.3 is 15.2 Å². The number of hydrogen-bond acceptors (Lipinski definition) is 3. The monoisotopic (exact) mass is 400 g/mol. The molecule has 3 N–H and O–H groups in total. The Labute approximate surface area is 152 Å². The maximum atomic E-state index is 13.8. The minimum absolute atomic E-state index is 0.00313. The van der Waals surface area contributed by atoms with E-state index in [2.05, 4.69) is 4.98 Å². The quantitative estimate of drug-likeness (QED) is 0.656. The Morgan fingerprint density at radius 3 is 2.52 bits per heavy atom. The second-order valence-corrected chi connectivity index (χ2v) is 8.57. The number of benzene rings is 2. The summed E-state index contributed by atoms with van der Waals surface area (Å²) in [5, 5.41) is 0.839. The largest absolute Gasteiger partial charge is 0.364 e. The number of amides is 1. The number of carbonyl (C=O) groups excluding carboxylic acids is 1. The van der Waals surface area contributed by atoms with Crippen LogP contribution in [-0.4, -0.2) is 18.0 Å². The van der Waals surface area contributed by atoms with Gasteiger partial charge in [0.05, 0.1) is 5.30 Å². The van der Waals surface area contributed by atoms with Crippen LogP contribution in [0.2, 0.25) is 10.0 Å². The van der Waals surface area contributed by atoms with Crippen LogP contribution in [0.15, 0.2) is 36.4 Å². The molecule has 130 valence electrons. The molecule has 0 bridgehead atoms. The molecular weight excluding hydrogens is 389 g/mol. The van der Waals surface area contributed by atoms with Gasteiger partial charge in [0.25, 0.3) is 13.3 Å². The third-order valence-corrected chi connectivity index (χ3v) is 6.68. The highest BCUT2D eigenvalue weighted by Gasteiger charge is 2.36. The zero-order valence-electron chi connectivity index (χ0n) is 12.8. The number of primary amides is 1. The van der Waals surface area contributed by atoms with Crippen LogP contribution in [0.25, 0.3) is 10.9 Å². The first-order chi connectivity index (χ1) is 11.8. The van der Waals surface area contributed by atoms with E-state index in [1.165, 1.54) is 19.2 Å². The molecule has 1 atom stereocenters. The zero-order valence-corrected chi connectivity index (χ0v) is 15.3. The van der Waals surface area contributed by atoms with Crippen molar-refractivity contribution in [2.24, 2.45) is 5.73 Å². The van der Waals surface area contributed by atoms with Crippen LogP contribution in [0, 0.1) is 5.82 Å². The molecule has 5 nitrogen and oxygen atoms in total. The number of nitrogens with two attached hydrogens (primary N) is 1. The first kappa shape index (κ1) is 18.0. The van der Waals surface area contributed by atoms with Gasteiger partial charge in [-0.3, -0.25) is 9.36 Å². The lowest BCUT2D eigenvalue weighted by atomic mass is 10.2. The minimum Gasteiger partial charge on any atom is -0.364 e. The molecule has 3 aromatic rings. The molecule has 0 spiro atoms. The number of carbonyl (C=O) groups is 1. The Morgan fingerprint density at radius 1 is 1.20 bits per heavy atom. The Morgan fingerprint density at radius 2 is 1.92 bits per heavy atom. The van der Waals surface area contributed by atoms with E-state index in [0.29, 0.717) is 15.9 Å². The van der Waals surface area contributed by atoms with E-state index in [4.69, 9.17) is 33.5 Å². The van der Waals surface area contributed by atoms with E-state index >= 15 is 0 Å². The molecule has 2 aromatic carbocycles. The first-order valence-electron chi connectivity index (χ1n) is 7.00. The Bertz CT molecular complexity index is 1030. The summed E-state index contributed by atoms with van der Waals surface area (Å²) in [6.45, 7) is 0. The van der Waals surface area contributed by atoms with Gasteiger partial charge in [0.1, 0.15) is 11.5 Å². The number of aromatic nitrogens is 1. The van der Waals surface area contributed by atoms with Crippen LogP contribution < -0.4 is 16.3 Å². The number of aromatic amines is 1. The fourth-order valence-corrected chi connectivity index (χ4v) is 5.36. The standard InChI is InChI=1S/C16H12Cl2FN2O3P/c1-24-25(23,11-5-9(18)4-10(19)7-11)15-12-6-8(17)2-3-13(12)21-14(15)16(20)22/h2-7,21H,1H3,(H2,20,22). The molecule has 0 aliphatic carbocycles. The van der Waals surface area contributed by atoms with Crippen molar-refractivity contribution in [2.75, 3.05) is 7.11 Å². The molecule has 1 aromatic heterocycles. The fourth-order valence-electron chi connectivity index (χ4n) is 2.67. The molecule has 0 radical (unpaired) electrons. The maximum absolute atomic E-state index is 13.8. The Balaban J connectivity index is 2.42. The van der Waals surface area contributed by atoms with Crippen molar-refractivity contribution in [2.45, 2.75) is 0 Å². The highest BCUT2D eigenvalue weighted by Crippen LogP contribution is 2.47. The molecule has 0 saturated heterocycles.